The molecule has 5 heteroatoms. The average molecular weight is 293 g/mol. The van der Waals surface area contributed by atoms with Gasteiger partial charge in [-0.1, -0.05) is 0 Å². The van der Waals surface area contributed by atoms with Crippen LogP contribution in [0.25, 0.3) is 0 Å². The molecule has 1 N–H and O–H groups in total. The number of rotatable bonds is 6. The van der Waals surface area contributed by atoms with Crippen LogP contribution >= 0.6 is 0 Å². The zero-order chi connectivity index (χ0) is 15.2. The normalized spacial score (nSPS) is 16.4. The van der Waals surface area contributed by atoms with Gasteiger partial charge in [0.25, 0.3) is 0 Å². The van der Waals surface area contributed by atoms with Crippen molar-refractivity contribution in [2.24, 2.45) is 5.92 Å². The van der Waals surface area contributed by atoms with Gasteiger partial charge in [-0.15, -0.1) is 0 Å². The number of hydrogen-bond donors (Lipinski definition) is 1. The van der Waals surface area contributed by atoms with E-state index in [9.17, 15) is 4.79 Å². The van der Waals surface area contributed by atoms with Gasteiger partial charge in [-0.05, 0) is 59.1 Å². The first-order valence-electron chi connectivity index (χ1n) is 7.76. The molecule has 1 fully saturated rings. The van der Waals surface area contributed by atoms with Gasteiger partial charge in [0.05, 0.1) is 6.54 Å². The molecule has 1 aliphatic rings. The Hall–Kier alpha value is -1.33. The lowest BCUT2D eigenvalue weighted by molar-refractivity contribution is -0.137. The van der Waals surface area contributed by atoms with Crippen LogP contribution in [0.1, 0.15) is 24.4 Å². The molecule has 21 heavy (non-hydrogen) atoms. The van der Waals surface area contributed by atoms with Crippen LogP contribution in [-0.4, -0.2) is 56.0 Å². The van der Waals surface area contributed by atoms with Gasteiger partial charge in [0.15, 0.2) is 0 Å². The Morgan fingerprint density at radius 2 is 2.00 bits per heavy atom. The molecule has 0 spiro atoms. The van der Waals surface area contributed by atoms with Crippen LogP contribution in [0, 0.1) is 12.8 Å². The van der Waals surface area contributed by atoms with Gasteiger partial charge >= 0.3 is 0 Å². The van der Waals surface area contributed by atoms with E-state index in [1.807, 2.05) is 38.1 Å². The largest absolute Gasteiger partial charge is 0.464 e. The van der Waals surface area contributed by atoms with Crippen molar-refractivity contribution in [1.29, 1.82) is 0 Å². The summed E-state index contributed by atoms with van der Waals surface area (Å²) in [6.45, 7) is 6.01. The number of carbonyl (C=O) groups is 1. The smallest absolute Gasteiger partial charge is 0.226 e. The average Bonchev–Trinajstić information content (AvgIpc) is 2.89. The third kappa shape index (κ3) is 4.86. The van der Waals surface area contributed by atoms with E-state index >= 15 is 0 Å². The van der Waals surface area contributed by atoms with Crippen LogP contribution in [0.2, 0.25) is 0 Å². The molecule has 1 saturated heterocycles. The Morgan fingerprint density at radius 1 is 1.29 bits per heavy atom. The van der Waals surface area contributed by atoms with Gasteiger partial charge in [-0.25, -0.2) is 0 Å². The fourth-order valence-corrected chi connectivity index (χ4v) is 2.67. The zero-order valence-corrected chi connectivity index (χ0v) is 13.4. The first-order chi connectivity index (χ1) is 10.1. The lowest BCUT2D eigenvalue weighted by atomic mass is 9.96. The van der Waals surface area contributed by atoms with Crippen LogP contribution in [-0.2, 0) is 11.3 Å². The highest BCUT2D eigenvalue weighted by atomic mass is 16.3. The van der Waals surface area contributed by atoms with Crippen molar-refractivity contribution in [3.8, 4) is 0 Å². The summed E-state index contributed by atoms with van der Waals surface area (Å²) in [6.07, 6.45) is 1.88. The van der Waals surface area contributed by atoms with Crippen molar-refractivity contribution in [2.45, 2.75) is 26.3 Å². The van der Waals surface area contributed by atoms with Gasteiger partial charge in [0.2, 0.25) is 5.91 Å². The number of carbonyl (C=O) groups excluding carboxylic acids is 1. The van der Waals surface area contributed by atoms with Gasteiger partial charge in [-0.3, -0.25) is 4.79 Å². The van der Waals surface area contributed by atoms with E-state index in [1.165, 1.54) is 0 Å². The minimum absolute atomic E-state index is 0.157. The van der Waals surface area contributed by atoms with Gasteiger partial charge in [-0.2, -0.15) is 0 Å². The number of hydrogen-bond acceptors (Lipinski definition) is 4. The van der Waals surface area contributed by atoms with Gasteiger partial charge in [0.1, 0.15) is 11.5 Å². The molecular weight excluding hydrogens is 266 g/mol. The highest BCUT2D eigenvalue weighted by Gasteiger charge is 2.26. The van der Waals surface area contributed by atoms with Crippen LogP contribution in [0.3, 0.4) is 0 Å². The van der Waals surface area contributed by atoms with E-state index in [0.29, 0.717) is 6.54 Å². The Balaban J connectivity index is 2.01. The van der Waals surface area contributed by atoms with Gasteiger partial charge in [0, 0.05) is 19.0 Å². The third-order valence-electron chi connectivity index (χ3n) is 3.96. The Labute approximate surface area is 127 Å². The quantitative estimate of drug-likeness (QED) is 0.863. The second kappa shape index (κ2) is 7.61. The molecule has 1 aromatic heterocycles. The summed E-state index contributed by atoms with van der Waals surface area (Å²) in [4.78, 5) is 16.8. The Kier molecular flexibility index (Phi) is 5.82. The zero-order valence-electron chi connectivity index (χ0n) is 13.4. The number of nitrogens with zero attached hydrogens (tertiary/aromatic N) is 2. The maximum absolute atomic E-state index is 12.8. The van der Waals surface area contributed by atoms with E-state index < -0.39 is 0 Å². The minimum atomic E-state index is 0.157. The standard InChI is InChI=1S/C16H27N3O2/c1-13-4-5-15(21-13)12-19(11-10-18(2)3)16(20)14-6-8-17-9-7-14/h4-5,14,17H,6-12H2,1-3H3. The lowest BCUT2D eigenvalue weighted by Gasteiger charge is -2.30. The van der Waals surface area contributed by atoms with Crippen molar-refractivity contribution < 1.29 is 9.21 Å². The predicted molar refractivity (Wildman–Crippen MR) is 83.0 cm³/mol. The summed E-state index contributed by atoms with van der Waals surface area (Å²) >= 11 is 0. The molecule has 2 rings (SSSR count). The summed E-state index contributed by atoms with van der Waals surface area (Å²) in [7, 11) is 4.06. The lowest BCUT2D eigenvalue weighted by Crippen LogP contribution is -2.43. The molecule has 1 amide bonds. The molecule has 5 nitrogen and oxygen atoms in total. The number of likely N-dealkylation sites (N-methyl/N-ethyl adjacent to an activating group) is 1. The summed E-state index contributed by atoms with van der Waals surface area (Å²) in [6, 6.07) is 3.92. The summed E-state index contributed by atoms with van der Waals surface area (Å²) in [5.74, 6) is 2.19. The maximum atomic E-state index is 12.8. The van der Waals surface area contributed by atoms with Crippen LogP contribution < -0.4 is 5.32 Å². The minimum Gasteiger partial charge on any atom is -0.464 e. The summed E-state index contributed by atoms with van der Waals surface area (Å²) in [5.41, 5.74) is 0. The monoisotopic (exact) mass is 293 g/mol. The van der Waals surface area contributed by atoms with Crippen LogP contribution in [0.15, 0.2) is 16.5 Å². The highest BCUT2D eigenvalue weighted by Crippen LogP contribution is 2.18. The first kappa shape index (κ1) is 16.0. The molecular formula is C16H27N3O2. The molecule has 0 bridgehead atoms. The molecule has 0 unspecified atom stereocenters. The summed E-state index contributed by atoms with van der Waals surface area (Å²) in [5, 5.41) is 3.31. The van der Waals surface area contributed by atoms with Crippen LogP contribution in [0.4, 0.5) is 0 Å². The van der Waals surface area contributed by atoms with Crippen LogP contribution in [0.5, 0.6) is 0 Å². The fraction of sp³-hybridized carbons (Fsp3) is 0.688. The van der Waals surface area contributed by atoms with Crippen molar-refractivity contribution >= 4 is 5.91 Å². The van der Waals surface area contributed by atoms with Crippen molar-refractivity contribution in [3.63, 3.8) is 0 Å². The Morgan fingerprint density at radius 3 is 2.57 bits per heavy atom. The SMILES string of the molecule is Cc1ccc(CN(CCN(C)C)C(=O)C2CCNCC2)o1. The molecule has 0 atom stereocenters. The number of nitrogens with one attached hydrogen (secondary N) is 1. The predicted octanol–water partition coefficient (Wildman–Crippen LogP) is 1.48. The first-order valence-corrected chi connectivity index (χ1v) is 7.76. The molecule has 1 aliphatic heterocycles. The topological polar surface area (TPSA) is 48.7 Å². The molecule has 0 saturated carbocycles. The van der Waals surface area contributed by atoms with E-state index in [1.54, 1.807) is 0 Å². The van der Waals surface area contributed by atoms with Crippen molar-refractivity contribution in [1.82, 2.24) is 15.1 Å². The number of amides is 1. The third-order valence-corrected chi connectivity index (χ3v) is 3.96. The van der Waals surface area contributed by atoms with E-state index in [-0.39, 0.29) is 11.8 Å². The molecule has 0 aliphatic carbocycles. The number of furan rings is 1. The molecule has 2 heterocycles. The summed E-state index contributed by atoms with van der Waals surface area (Å²) < 4.78 is 5.64. The van der Waals surface area contributed by atoms with Gasteiger partial charge < -0.3 is 19.5 Å². The molecule has 0 radical (unpaired) electrons. The van der Waals surface area contributed by atoms with Crippen molar-refractivity contribution in [3.05, 3.63) is 23.7 Å². The molecule has 118 valence electrons. The maximum Gasteiger partial charge on any atom is 0.226 e. The Bertz CT molecular complexity index is 450. The number of aryl methyl sites for hydroxylation is 1. The second-order valence-corrected chi connectivity index (χ2v) is 6.10. The van der Waals surface area contributed by atoms with E-state index in [2.05, 4.69) is 10.2 Å². The number of piperidine rings is 1. The van der Waals surface area contributed by atoms with E-state index in [0.717, 1.165) is 50.5 Å². The second-order valence-electron chi connectivity index (χ2n) is 6.10. The molecule has 0 aromatic carbocycles. The molecule has 1 aromatic rings. The highest BCUT2D eigenvalue weighted by molar-refractivity contribution is 5.79. The van der Waals surface area contributed by atoms with E-state index in [4.69, 9.17) is 4.42 Å². The fourth-order valence-electron chi connectivity index (χ4n) is 2.67. The van der Waals surface area contributed by atoms with Crippen molar-refractivity contribution in [2.75, 3.05) is 40.3 Å².